The van der Waals surface area contributed by atoms with Crippen molar-refractivity contribution in [2.24, 2.45) is 0 Å². The molecule has 0 radical (unpaired) electrons. The third kappa shape index (κ3) is 3.95. The van der Waals surface area contributed by atoms with Crippen LogP contribution in [-0.4, -0.2) is 44.9 Å². The molecule has 0 spiro atoms. The van der Waals surface area contributed by atoms with Crippen molar-refractivity contribution in [1.29, 1.82) is 0 Å². The number of hydrogen-bond donors (Lipinski definition) is 0. The van der Waals surface area contributed by atoms with Crippen LogP contribution < -0.4 is 9.47 Å². The monoisotopic (exact) mass is 431 g/mol. The summed E-state index contributed by atoms with van der Waals surface area (Å²) in [5.41, 5.74) is 0.919. The molecular formula is C21H20F3N5O2. The number of nitrogens with zero attached hydrogens (tertiary/aromatic N) is 5. The smallest absolute Gasteiger partial charge is 0.416 e. The number of hydrogen-bond acceptors (Lipinski definition) is 6. The number of fused-ring (bicyclic) bond motifs is 1. The summed E-state index contributed by atoms with van der Waals surface area (Å²) in [4.78, 5) is 2.28. The van der Waals surface area contributed by atoms with Crippen LogP contribution in [0, 0.1) is 0 Å². The molecule has 3 aromatic rings. The van der Waals surface area contributed by atoms with Crippen LogP contribution in [0.5, 0.6) is 11.5 Å². The zero-order chi connectivity index (χ0) is 21.4. The molecule has 162 valence electrons. The predicted molar refractivity (Wildman–Crippen MR) is 104 cm³/mol. The Morgan fingerprint density at radius 2 is 1.77 bits per heavy atom. The van der Waals surface area contributed by atoms with Gasteiger partial charge in [-0.3, -0.25) is 4.90 Å². The Labute approximate surface area is 176 Å². The number of likely N-dealkylation sites (tertiary alicyclic amines) is 1. The average Bonchev–Trinajstić information content (AvgIpc) is 3.43. The van der Waals surface area contributed by atoms with Gasteiger partial charge in [-0.1, -0.05) is 6.07 Å². The second kappa shape index (κ2) is 7.84. The molecule has 1 atom stereocenters. The maximum absolute atomic E-state index is 12.9. The van der Waals surface area contributed by atoms with Gasteiger partial charge in [-0.25, -0.2) is 0 Å². The summed E-state index contributed by atoms with van der Waals surface area (Å²) in [5.74, 6) is 2.08. The Kier molecular flexibility index (Phi) is 5.01. The van der Waals surface area contributed by atoms with Gasteiger partial charge in [0.2, 0.25) is 0 Å². The first-order valence-corrected chi connectivity index (χ1v) is 10.1. The molecule has 31 heavy (non-hydrogen) atoms. The molecule has 2 aromatic carbocycles. The molecule has 1 aromatic heterocycles. The first kappa shape index (κ1) is 19.8. The number of ether oxygens (including phenoxy) is 2. The van der Waals surface area contributed by atoms with Gasteiger partial charge >= 0.3 is 6.18 Å². The standard InChI is InChI=1S/C21H20F3N5O2/c22-21(23,24)15-4-6-16(7-5-15)29-20(25-26-27-29)13-28-9-1-2-17(28)14-3-8-18-19(12-14)31-11-10-30-18/h3-8,12,17H,1-2,9-11,13H2. The second-order valence-electron chi connectivity index (χ2n) is 7.58. The van der Waals surface area contributed by atoms with Crippen molar-refractivity contribution in [1.82, 2.24) is 25.1 Å². The summed E-state index contributed by atoms with van der Waals surface area (Å²) < 4.78 is 51.4. The summed E-state index contributed by atoms with van der Waals surface area (Å²) in [6, 6.07) is 11.0. The molecule has 0 bridgehead atoms. The van der Waals surface area contributed by atoms with Crippen LogP contribution in [0.25, 0.3) is 5.69 Å². The van der Waals surface area contributed by atoms with Crippen molar-refractivity contribution >= 4 is 0 Å². The quantitative estimate of drug-likeness (QED) is 0.626. The van der Waals surface area contributed by atoms with E-state index in [0.29, 0.717) is 31.3 Å². The van der Waals surface area contributed by atoms with Gasteiger partial charge < -0.3 is 9.47 Å². The molecular weight excluding hydrogens is 411 g/mol. The predicted octanol–water partition coefficient (Wildman–Crippen LogP) is 3.79. The third-order valence-corrected chi connectivity index (χ3v) is 5.63. The fourth-order valence-electron chi connectivity index (χ4n) is 4.14. The van der Waals surface area contributed by atoms with Gasteiger partial charge in [0, 0.05) is 6.04 Å². The van der Waals surface area contributed by atoms with Gasteiger partial charge in [-0.05, 0) is 71.8 Å². The second-order valence-corrected chi connectivity index (χ2v) is 7.58. The molecule has 0 amide bonds. The van der Waals surface area contributed by atoms with E-state index >= 15 is 0 Å². The number of rotatable bonds is 4. The van der Waals surface area contributed by atoms with Gasteiger partial charge in [-0.15, -0.1) is 5.10 Å². The molecule has 10 heteroatoms. The number of aromatic nitrogens is 4. The number of tetrazole rings is 1. The van der Waals surface area contributed by atoms with Crippen LogP contribution in [0.4, 0.5) is 13.2 Å². The lowest BCUT2D eigenvalue weighted by molar-refractivity contribution is -0.137. The van der Waals surface area contributed by atoms with Gasteiger partial charge in [0.15, 0.2) is 17.3 Å². The number of halogens is 3. The molecule has 1 fully saturated rings. The number of alkyl halides is 3. The van der Waals surface area contributed by atoms with Gasteiger partial charge in [0.25, 0.3) is 0 Å². The summed E-state index contributed by atoms with van der Waals surface area (Å²) in [5, 5.41) is 11.9. The normalized spacial score (nSPS) is 19.0. The van der Waals surface area contributed by atoms with Crippen molar-refractivity contribution in [3.8, 4) is 17.2 Å². The highest BCUT2D eigenvalue weighted by Crippen LogP contribution is 2.38. The molecule has 1 unspecified atom stereocenters. The molecule has 2 aliphatic rings. The summed E-state index contributed by atoms with van der Waals surface area (Å²) in [6.45, 7) is 2.44. The lowest BCUT2D eigenvalue weighted by Crippen LogP contribution is -2.25. The molecule has 7 nitrogen and oxygen atoms in total. The Morgan fingerprint density at radius 3 is 2.55 bits per heavy atom. The highest BCUT2D eigenvalue weighted by atomic mass is 19.4. The van der Waals surface area contributed by atoms with Crippen LogP contribution >= 0.6 is 0 Å². The first-order chi connectivity index (χ1) is 15.0. The van der Waals surface area contributed by atoms with Crippen molar-refractivity contribution in [2.45, 2.75) is 31.6 Å². The van der Waals surface area contributed by atoms with Gasteiger partial charge in [0.1, 0.15) is 13.2 Å². The molecule has 0 saturated carbocycles. The van der Waals surface area contributed by atoms with Crippen molar-refractivity contribution in [2.75, 3.05) is 19.8 Å². The Bertz CT molecular complexity index is 1070. The van der Waals surface area contributed by atoms with Crippen LogP contribution in [0.2, 0.25) is 0 Å². The van der Waals surface area contributed by atoms with E-state index in [4.69, 9.17) is 9.47 Å². The minimum absolute atomic E-state index is 0.175. The fourth-order valence-corrected chi connectivity index (χ4v) is 4.14. The molecule has 0 aliphatic carbocycles. The van der Waals surface area contributed by atoms with Gasteiger partial charge in [0.05, 0.1) is 17.8 Å². The molecule has 2 aliphatic heterocycles. The Balaban J connectivity index is 1.36. The lowest BCUT2D eigenvalue weighted by atomic mass is 10.0. The fraction of sp³-hybridized carbons (Fsp3) is 0.381. The van der Waals surface area contributed by atoms with E-state index < -0.39 is 11.7 Å². The summed E-state index contributed by atoms with van der Waals surface area (Å²) in [6.07, 6.45) is -2.36. The zero-order valence-corrected chi connectivity index (χ0v) is 16.5. The first-order valence-electron chi connectivity index (χ1n) is 10.1. The van der Waals surface area contributed by atoms with E-state index in [9.17, 15) is 13.2 Å². The van der Waals surface area contributed by atoms with E-state index in [0.717, 1.165) is 48.6 Å². The van der Waals surface area contributed by atoms with Crippen molar-refractivity contribution in [3.63, 3.8) is 0 Å². The van der Waals surface area contributed by atoms with E-state index in [-0.39, 0.29) is 6.04 Å². The van der Waals surface area contributed by atoms with Crippen LogP contribution in [-0.2, 0) is 12.7 Å². The van der Waals surface area contributed by atoms with Crippen molar-refractivity contribution < 1.29 is 22.6 Å². The molecule has 0 N–H and O–H groups in total. The van der Waals surface area contributed by atoms with E-state index in [1.165, 1.54) is 16.8 Å². The van der Waals surface area contributed by atoms with Crippen LogP contribution in [0.15, 0.2) is 42.5 Å². The van der Waals surface area contributed by atoms with E-state index in [1.54, 1.807) is 0 Å². The lowest BCUT2D eigenvalue weighted by Gasteiger charge is -2.26. The SMILES string of the molecule is FC(F)(F)c1ccc(-n2nnnc2CN2CCCC2c2ccc3c(c2)OCCO3)cc1. The average molecular weight is 431 g/mol. The maximum atomic E-state index is 12.9. The van der Waals surface area contributed by atoms with Crippen molar-refractivity contribution in [3.05, 3.63) is 59.4 Å². The van der Waals surface area contributed by atoms with Gasteiger partial charge in [-0.2, -0.15) is 17.9 Å². The third-order valence-electron chi connectivity index (χ3n) is 5.63. The highest BCUT2D eigenvalue weighted by molar-refractivity contribution is 5.45. The zero-order valence-electron chi connectivity index (χ0n) is 16.5. The molecule has 1 saturated heterocycles. The summed E-state index contributed by atoms with van der Waals surface area (Å²) in [7, 11) is 0. The molecule has 5 rings (SSSR count). The minimum atomic E-state index is -4.38. The maximum Gasteiger partial charge on any atom is 0.416 e. The van der Waals surface area contributed by atoms with Crippen LogP contribution in [0.3, 0.4) is 0 Å². The molecule has 3 heterocycles. The Hall–Kier alpha value is -3.14. The Morgan fingerprint density at radius 1 is 1.00 bits per heavy atom. The van der Waals surface area contributed by atoms with E-state index in [2.05, 4.69) is 26.5 Å². The van der Waals surface area contributed by atoms with E-state index in [1.807, 2.05) is 12.1 Å². The topological polar surface area (TPSA) is 65.3 Å². The van der Waals surface area contributed by atoms with Crippen LogP contribution in [0.1, 0.15) is 35.8 Å². The largest absolute Gasteiger partial charge is 0.486 e. The number of benzene rings is 2. The highest BCUT2D eigenvalue weighted by Gasteiger charge is 2.31. The summed E-state index contributed by atoms with van der Waals surface area (Å²) >= 11 is 0. The minimum Gasteiger partial charge on any atom is -0.486 e.